The second kappa shape index (κ2) is 5.35. The highest BCUT2D eigenvalue weighted by atomic mass is 19.2. The smallest absolute Gasteiger partial charge is 0.200 e. The monoisotopic (exact) mass is 279 g/mol. The Bertz CT molecular complexity index is 459. The summed E-state index contributed by atoms with van der Waals surface area (Å²) >= 11 is 0. The summed E-state index contributed by atoms with van der Waals surface area (Å²) in [4.78, 5) is 0. The number of anilines is 1. The van der Waals surface area contributed by atoms with E-state index >= 15 is 0 Å². The van der Waals surface area contributed by atoms with Crippen molar-refractivity contribution < 1.29 is 22.0 Å². The summed E-state index contributed by atoms with van der Waals surface area (Å²) in [7, 11) is 0. The molecule has 1 nitrogen and oxygen atoms in total. The molecule has 19 heavy (non-hydrogen) atoms. The normalized spacial score (nSPS) is 22.8. The maximum Gasteiger partial charge on any atom is 0.200 e. The van der Waals surface area contributed by atoms with Gasteiger partial charge in [0.05, 0.1) is 0 Å². The predicted octanol–water partition coefficient (Wildman–Crippen LogP) is 4.23. The van der Waals surface area contributed by atoms with Crippen LogP contribution in [0.5, 0.6) is 0 Å². The van der Waals surface area contributed by atoms with Crippen molar-refractivity contribution in [2.45, 2.75) is 26.2 Å². The van der Waals surface area contributed by atoms with E-state index in [9.17, 15) is 22.0 Å². The minimum atomic E-state index is -2.13. The zero-order chi connectivity index (χ0) is 14.2. The molecular formula is C13H14F5N. The van der Waals surface area contributed by atoms with E-state index < -0.39 is 34.8 Å². The molecule has 1 aromatic carbocycles. The maximum absolute atomic E-state index is 13.4. The van der Waals surface area contributed by atoms with Crippen molar-refractivity contribution in [2.75, 3.05) is 11.9 Å². The molecule has 0 radical (unpaired) electrons. The third-order valence-corrected chi connectivity index (χ3v) is 3.79. The Morgan fingerprint density at radius 1 is 0.895 bits per heavy atom. The number of nitrogens with one attached hydrogen (secondary N) is 1. The topological polar surface area (TPSA) is 12.0 Å². The molecule has 2 unspecified atom stereocenters. The van der Waals surface area contributed by atoms with Gasteiger partial charge in [0.1, 0.15) is 5.69 Å². The van der Waals surface area contributed by atoms with E-state index in [1.54, 1.807) is 0 Å². The lowest BCUT2D eigenvalue weighted by Crippen LogP contribution is -2.19. The first-order chi connectivity index (χ1) is 8.93. The first-order valence-electron chi connectivity index (χ1n) is 6.18. The van der Waals surface area contributed by atoms with Crippen LogP contribution in [0, 0.1) is 40.9 Å². The lowest BCUT2D eigenvalue weighted by molar-refractivity contribution is 0.379. The standard InChI is InChI=1S/C13H14F5N/c1-6-3-2-4-7(6)5-19-13-11(17)9(15)8(14)10(16)12(13)18/h6-7,19H,2-5H2,1H3. The van der Waals surface area contributed by atoms with Crippen molar-refractivity contribution in [3.05, 3.63) is 29.1 Å². The van der Waals surface area contributed by atoms with E-state index in [0.717, 1.165) is 19.3 Å². The average molecular weight is 279 g/mol. The van der Waals surface area contributed by atoms with Gasteiger partial charge in [-0.3, -0.25) is 0 Å². The van der Waals surface area contributed by atoms with Crippen LogP contribution < -0.4 is 5.32 Å². The molecule has 2 rings (SSSR count). The highest BCUT2D eigenvalue weighted by Crippen LogP contribution is 2.32. The van der Waals surface area contributed by atoms with Gasteiger partial charge in [-0.2, -0.15) is 0 Å². The summed E-state index contributed by atoms with van der Waals surface area (Å²) in [6.45, 7) is 2.22. The lowest BCUT2D eigenvalue weighted by atomic mass is 9.98. The largest absolute Gasteiger partial charge is 0.380 e. The Hall–Kier alpha value is -1.33. The molecule has 1 fully saturated rings. The van der Waals surface area contributed by atoms with Gasteiger partial charge in [-0.1, -0.05) is 19.8 Å². The molecule has 1 aliphatic carbocycles. The van der Waals surface area contributed by atoms with Gasteiger partial charge in [-0.15, -0.1) is 0 Å². The number of hydrogen-bond donors (Lipinski definition) is 1. The van der Waals surface area contributed by atoms with Crippen molar-refractivity contribution in [3.63, 3.8) is 0 Å². The Morgan fingerprint density at radius 3 is 1.89 bits per heavy atom. The van der Waals surface area contributed by atoms with Gasteiger partial charge in [-0.05, 0) is 18.3 Å². The van der Waals surface area contributed by atoms with Crippen LogP contribution in [0.2, 0.25) is 0 Å². The molecule has 1 aromatic rings. The number of rotatable bonds is 3. The van der Waals surface area contributed by atoms with Crippen molar-refractivity contribution in [3.8, 4) is 0 Å². The Morgan fingerprint density at radius 2 is 1.42 bits per heavy atom. The Kier molecular flexibility index (Phi) is 3.96. The van der Waals surface area contributed by atoms with Gasteiger partial charge in [0.15, 0.2) is 23.3 Å². The lowest BCUT2D eigenvalue weighted by Gasteiger charge is -2.17. The molecule has 1 aliphatic rings. The van der Waals surface area contributed by atoms with E-state index in [-0.39, 0.29) is 12.5 Å². The van der Waals surface area contributed by atoms with Gasteiger partial charge in [0.2, 0.25) is 5.82 Å². The fraction of sp³-hybridized carbons (Fsp3) is 0.538. The molecule has 0 spiro atoms. The Labute approximate surface area is 107 Å². The van der Waals surface area contributed by atoms with Crippen LogP contribution >= 0.6 is 0 Å². The summed E-state index contributed by atoms with van der Waals surface area (Å²) in [5.74, 6) is -9.00. The average Bonchev–Trinajstić information content (AvgIpc) is 2.80. The molecule has 106 valence electrons. The molecule has 1 saturated carbocycles. The zero-order valence-electron chi connectivity index (χ0n) is 10.4. The fourth-order valence-corrected chi connectivity index (χ4v) is 2.52. The van der Waals surface area contributed by atoms with Crippen molar-refractivity contribution in [1.82, 2.24) is 0 Å². The van der Waals surface area contributed by atoms with E-state index in [0.29, 0.717) is 5.92 Å². The van der Waals surface area contributed by atoms with Crippen LogP contribution in [0.1, 0.15) is 26.2 Å². The van der Waals surface area contributed by atoms with Crippen molar-refractivity contribution in [1.29, 1.82) is 0 Å². The maximum atomic E-state index is 13.4. The highest BCUT2D eigenvalue weighted by Gasteiger charge is 2.28. The summed E-state index contributed by atoms with van der Waals surface area (Å²) in [5, 5.41) is 2.37. The molecule has 0 saturated heterocycles. The van der Waals surface area contributed by atoms with Gasteiger partial charge < -0.3 is 5.32 Å². The Balaban J connectivity index is 2.20. The van der Waals surface area contributed by atoms with Crippen LogP contribution in [0.15, 0.2) is 0 Å². The van der Waals surface area contributed by atoms with Crippen molar-refractivity contribution in [2.24, 2.45) is 11.8 Å². The van der Waals surface area contributed by atoms with Gasteiger partial charge >= 0.3 is 0 Å². The molecule has 0 aliphatic heterocycles. The second-order valence-corrected chi connectivity index (χ2v) is 4.99. The van der Waals surface area contributed by atoms with Crippen LogP contribution in [-0.4, -0.2) is 6.54 Å². The molecule has 0 amide bonds. The summed E-state index contributed by atoms with van der Waals surface area (Å²) in [6.07, 6.45) is 2.93. The van der Waals surface area contributed by atoms with E-state index in [1.807, 2.05) is 6.92 Å². The van der Waals surface area contributed by atoms with Gasteiger partial charge in [0.25, 0.3) is 0 Å². The van der Waals surface area contributed by atoms with E-state index in [1.165, 1.54) is 0 Å². The molecule has 0 heterocycles. The molecule has 0 bridgehead atoms. The fourth-order valence-electron chi connectivity index (χ4n) is 2.52. The quantitative estimate of drug-likeness (QED) is 0.496. The van der Waals surface area contributed by atoms with Crippen LogP contribution in [0.3, 0.4) is 0 Å². The number of benzene rings is 1. The van der Waals surface area contributed by atoms with Gasteiger partial charge in [0, 0.05) is 6.54 Å². The van der Waals surface area contributed by atoms with E-state index in [2.05, 4.69) is 5.32 Å². The third-order valence-electron chi connectivity index (χ3n) is 3.79. The highest BCUT2D eigenvalue weighted by molar-refractivity contribution is 5.47. The molecular weight excluding hydrogens is 265 g/mol. The first kappa shape index (κ1) is 14.1. The molecule has 6 heteroatoms. The predicted molar refractivity (Wildman–Crippen MR) is 61.2 cm³/mol. The molecule has 1 N–H and O–H groups in total. The van der Waals surface area contributed by atoms with E-state index in [4.69, 9.17) is 0 Å². The van der Waals surface area contributed by atoms with Crippen LogP contribution in [-0.2, 0) is 0 Å². The molecule has 0 aromatic heterocycles. The summed E-state index contributed by atoms with van der Waals surface area (Å²) in [5.41, 5.74) is -0.935. The summed E-state index contributed by atoms with van der Waals surface area (Å²) in [6, 6.07) is 0. The minimum absolute atomic E-state index is 0.190. The van der Waals surface area contributed by atoms with Crippen molar-refractivity contribution >= 4 is 5.69 Å². The first-order valence-corrected chi connectivity index (χ1v) is 6.18. The molecule has 2 atom stereocenters. The third kappa shape index (κ3) is 2.53. The second-order valence-electron chi connectivity index (χ2n) is 4.99. The van der Waals surface area contributed by atoms with Gasteiger partial charge in [-0.25, -0.2) is 22.0 Å². The number of halogens is 5. The summed E-state index contributed by atoms with van der Waals surface area (Å²) < 4.78 is 65.6. The zero-order valence-corrected chi connectivity index (χ0v) is 10.4. The SMILES string of the molecule is CC1CCCC1CNc1c(F)c(F)c(F)c(F)c1F. The van der Waals surface area contributed by atoms with Crippen LogP contribution in [0.25, 0.3) is 0 Å². The minimum Gasteiger partial charge on any atom is -0.380 e. The van der Waals surface area contributed by atoms with Crippen LogP contribution in [0.4, 0.5) is 27.6 Å². The number of hydrogen-bond acceptors (Lipinski definition) is 1.